The van der Waals surface area contributed by atoms with Crippen LogP contribution in [0.15, 0.2) is 30.5 Å². The monoisotopic (exact) mass is 525 g/mol. The third-order valence-corrected chi connectivity index (χ3v) is 6.52. The number of carbonyl (C=O) groups excluding carboxylic acids is 3. The molecular formula is C22H21Cl2N3O6S. The van der Waals surface area contributed by atoms with E-state index in [9.17, 15) is 14.4 Å². The fourth-order valence-electron chi connectivity index (χ4n) is 2.85. The highest BCUT2D eigenvalue weighted by atomic mass is 35.5. The summed E-state index contributed by atoms with van der Waals surface area (Å²) in [5, 5.41) is 7.61. The van der Waals surface area contributed by atoms with Gasteiger partial charge in [0.2, 0.25) is 0 Å². The first kappa shape index (κ1) is 25.5. The standard InChI is InChI=1S/C22H21Cl2N3O6S/c1-4-10-32-21(29)16-12(2)18(22(30)31-3)34-20(16)25-19(28)14-8-9-27(26-14)11-33-15-7-5-6-13(23)17(15)24/h5-9H,4,10-11H2,1-3H3,(H,25,28). The lowest BCUT2D eigenvalue weighted by molar-refractivity contribution is 0.0506. The van der Waals surface area contributed by atoms with Gasteiger partial charge in [0.15, 0.2) is 12.4 Å². The number of hydrogen-bond acceptors (Lipinski definition) is 8. The first-order valence-corrected chi connectivity index (χ1v) is 11.6. The predicted octanol–water partition coefficient (Wildman–Crippen LogP) is 5.20. The summed E-state index contributed by atoms with van der Waals surface area (Å²) < 4.78 is 17.0. The number of ether oxygens (including phenoxy) is 3. The van der Waals surface area contributed by atoms with Crippen LogP contribution in [0.2, 0.25) is 10.0 Å². The number of carbonyl (C=O) groups is 3. The molecule has 0 aliphatic rings. The van der Waals surface area contributed by atoms with E-state index in [4.69, 9.17) is 37.4 Å². The van der Waals surface area contributed by atoms with Crippen molar-refractivity contribution in [2.45, 2.75) is 27.0 Å². The number of methoxy groups -OCH3 is 1. The van der Waals surface area contributed by atoms with Crippen molar-refractivity contribution in [1.82, 2.24) is 9.78 Å². The molecule has 0 aliphatic heterocycles. The number of anilines is 1. The van der Waals surface area contributed by atoms with E-state index >= 15 is 0 Å². The molecule has 2 aromatic heterocycles. The predicted molar refractivity (Wildman–Crippen MR) is 128 cm³/mol. The summed E-state index contributed by atoms with van der Waals surface area (Å²) in [6.07, 6.45) is 2.17. The molecule has 0 radical (unpaired) electrons. The van der Waals surface area contributed by atoms with E-state index in [1.54, 1.807) is 31.3 Å². The quantitative estimate of drug-likeness (QED) is 0.382. The SMILES string of the molecule is CCCOC(=O)c1c(NC(=O)c2ccn(COc3cccc(Cl)c3Cl)n2)sc(C(=O)OC)c1C. The minimum absolute atomic E-state index is 0.0213. The van der Waals surface area contributed by atoms with Gasteiger partial charge in [0, 0.05) is 6.20 Å². The van der Waals surface area contributed by atoms with Crippen LogP contribution in [0.1, 0.15) is 49.4 Å². The summed E-state index contributed by atoms with van der Waals surface area (Å²) in [7, 11) is 1.24. The lowest BCUT2D eigenvalue weighted by Gasteiger charge is -2.09. The molecule has 0 unspecified atom stereocenters. The van der Waals surface area contributed by atoms with Crippen molar-refractivity contribution in [3.8, 4) is 5.75 Å². The molecule has 0 fully saturated rings. The van der Waals surface area contributed by atoms with Crippen LogP contribution in [0.3, 0.4) is 0 Å². The minimum Gasteiger partial charge on any atom is -0.470 e. The van der Waals surface area contributed by atoms with Gasteiger partial charge in [-0.25, -0.2) is 14.3 Å². The Labute approximate surface area is 209 Å². The molecule has 12 heteroatoms. The van der Waals surface area contributed by atoms with E-state index in [2.05, 4.69) is 10.4 Å². The topological polar surface area (TPSA) is 109 Å². The fourth-order valence-corrected chi connectivity index (χ4v) is 4.31. The van der Waals surface area contributed by atoms with Gasteiger partial charge in [0.1, 0.15) is 20.7 Å². The molecule has 34 heavy (non-hydrogen) atoms. The lowest BCUT2D eigenvalue weighted by atomic mass is 10.1. The van der Waals surface area contributed by atoms with E-state index in [0.29, 0.717) is 22.8 Å². The van der Waals surface area contributed by atoms with Gasteiger partial charge in [-0.15, -0.1) is 11.3 Å². The maximum atomic E-state index is 12.8. The molecule has 1 aromatic carbocycles. The molecule has 0 bridgehead atoms. The van der Waals surface area contributed by atoms with Crippen LogP contribution in [0, 0.1) is 6.92 Å². The van der Waals surface area contributed by atoms with Gasteiger partial charge in [-0.05, 0) is 37.1 Å². The zero-order chi connectivity index (χ0) is 24.8. The van der Waals surface area contributed by atoms with Gasteiger partial charge in [0.25, 0.3) is 5.91 Å². The highest BCUT2D eigenvalue weighted by molar-refractivity contribution is 7.18. The minimum atomic E-state index is -0.640. The molecule has 9 nitrogen and oxygen atoms in total. The summed E-state index contributed by atoms with van der Waals surface area (Å²) in [6.45, 7) is 3.63. The van der Waals surface area contributed by atoms with Gasteiger partial charge in [-0.1, -0.05) is 36.2 Å². The molecule has 3 aromatic rings. The molecule has 0 saturated carbocycles. The Hall–Kier alpha value is -3.08. The fraction of sp³-hybridized carbons (Fsp3) is 0.273. The number of benzene rings is 1. The van der Waals surface area contributed by atoms with Crippen LogP contribution >= 0.6 is 34.5 Å². The first-order chi connectivity index (χ1) is 16.3. The molecule has 0 atom stereocenters. The summed E-state index contributed by atoms with van der Waals surface area (Å²) in [6, 6.07) is 6.47. The number of nitrogens with zero attached hydrogens (tertiary/aromatic N) is 2. The van der Waals surface area contributed by atoms with Crippen molar-refractivity contribution in [1.29, 1.82) is 0 Å². The Morgan fingerprint density at radius 3 is 2.65 bits per heavy atom. The maximum Gasteiger partial charge on any atom is 0.348 e. The number of hydrogen-bond donors (Lipinski definition) is 1. The van der Waals surface area contributed by atoms with Crippen molar-refractivity contribution >= 4 is 57.4 Å². The van der Waals surface area contributed by atoms with Crippen LogP contribution in [-0.2, 0) is 16.2 Å². The van der Waals surface area contributed by atoms with E-state index in [-0.39, 0.29) is 39.5 Å². The number of esters is 2. The van der Waals surface area contributed by atoms with Crippen molar-refractivity contribution in [2.24, 2.45) is 0 Å². The highest BCUT2D eigenvalue weighted by Gasteiger charge is 2.27. The normalized spacial score (nSPS) is 10.6. The van der Waals surface area contributed by atoms with Crippen LogP contribution < -0.4 is 10.1 Å². The second-order valence-electron chi connectivity index (χ2n) is 6.91. The van der Waals surface area contributed by atoms with Crippen LogP contribution in [0.25, 0.3) is 0 Å². The van der Waals surface area contributed by atoms with Crippen molar-refractivity contribution in [3.63, 3.8) is 0 Å². The van der Waals surface area contributed by atoms with E-state index in [0.717, 1.165) is 11.3 Å². The zero-order valence-electron chi connectivity index (χ0n) is 18.5. The van der Waals surface area contributed by atoms with Crippen LogP contribution in [-0.4, -0.2) is 41.3 Å². The second-order valence-corrected chi connectivity index (χ2v) is 8.71. The van der Waals surface area contributed by atoms with E-state index < -0.39 is 17.8 Å². The first-order valence-electron chi connectivity index (χ1n) is 10.1. The summed E-state index contributed by atoms with van der Waals surface area (Å²) in [4.78, 5) is 37.7. The largest absolute Gasteiger partial charge is 0.470 e. The molecule has 0 saturated heterocycles. The summed E-state index contributed by atoms with van der Waals surface area (Å²) in [5.74, 6) is -1.47. The van der Waals surface area contributed by atoms with Crippen molar-refractivity contribution in [2.75, 3.05) is 19.0 Å². The van der Waals surface area contributed by atoms with Crippen molar-refractivity contribution in [3.05, 3.63) is 62.2 Å². The number of aromatic nitrogens is 2. The Balaban J connectivity index is 1.77. The van der Waals surface area contributed by atoms with Crippen LogP contribution in [0.4, 0.5) is 5.00 Å². The van der Waals surface area contributed by atoms with E-state index in [1.807, 2.05) is 6.92 Å². The summed E-state index contributed by atoms with van der Waals surface area (Å²) in [5.41, 5.74) is 0.537. The number of rotatable bonds is 9. The average molecular weight is 526 g/mol. The van der Waals surface area contributed by atoms with Gasteiger partial charge in [-0.2, -0.15) is 5.10 Å². The number of thiophene rings is 1. The molecule has 1 amide bonds. The number of amides is 1. The maximum absolute atomic E-state index is 12.8. The third kappa shape index (κ3) is 5.69. The second kappa shape index (κ2) is 11.4. The lowest BCUT2D eigenvalue weighted by Crippen LogP contribution is -2.16. The Kier molecular flexibility index (Phi) is 8.54. The molecule has 0 spiro atoms. The molecule has 2 heterocycles. The number of halogens is 2. The van der Waals surface area contributed by atoms with Gasteiger partial charge >= 0.3 is 11.9 Å². The smallest absolute Gasteiger partial charge is 0.348 e. The Morgan fingerprint density at radius 2 is 1.94 bits per heavy atom. The van der Waals surface area contributed by atoms with E-state index in [1.165, 1.54) is 17.9 Å². The Morgan fingerprint density at radius 1 is 1.18 bits per heavy atom. The molecule has 3 rings (SSSR count). The van der Waals surface area contributed by atoms with Gasteiger partial charge in [-0.3, -0.25) is 4.79 Å². The zero-order valence-corrected chi connectivity index (χ0v) is 20.8. The number of nitrogens with one attached hydrogen (secondary N) is 1. The van der Waals surface area contributed by atoms with Gasteiger partial charge in [0.05, 0.1) is 24.3 Å². The average Bonchev–Trinajstić information content (AvgIpc) is 3.42. The molecule has 1 N–H and O–H groups in total. The molecular weight excluding hydrogens is 505 g/mol. The van der Waals surface area contributed by atoms with Gasteiger partial charge < -0.3 is 19.5 Å². The molecule has 180 valence electrons. The molecule has 0 aliphatic carbocycles. The highest BCUT2D eigenvalue weighted by Crippen LogP contribution is 2.35. The summed E-state index contributed by atoms with van der Waals surface area (Å²) >= 11 is 13.0. The van der Waals surface area contributed by atoms with Crippen LogP contribution in [0.5, 0.6) is 5.75 Å². The third-order valence-electron chi connectivity index (χ3n) is 4.53. The van der Waals surface area contributed by atoms with Crippen molar-refractivity contribution < 1.29 is 28.6 Å². The Bertz CT molecular complexity index is 1220.